The van der Waals surface area contributed by atoms with E-state index in [0.717, 1.165) is 25.2 Å². The van der Waals surface area contributed by atoms with Crippen LogP contribution in [0.5, 0.6) is 0 Å². The lowest BCUT2D eigenvalue weighted by Crippen LogP contribution is -2.49. The topological polar surface area (TPSA) is 61.4 Å². The Morgan fingerprint density at radius 3 is 1.96 bits per heavy atom. The maximum Gasteiger partial charge on any atom is 0.528 e. The molecular formula is C14H36N2O5Si3. The van der Waals surface area contributed by atoms with E-state index in [1.165, 1.54) is 4.82 Å². The van der Waals surface area contributed by atoms with Crippen molar-refractivity contribution in [2.45, 2.75) is 19.0 Å². The number of hydrogen-bond acceptors (Lipinski definition) is 7. The van der Waals surface area contributed by atoms with E-state index >= 15 is 0 Å². The van der Waals surface area contributed by atoms with Gasteiger partial charge in [0.2, 0.25) is 0 Å². The van der Waals surface area contributed by atoms with Crippen molar-refractivity contribution in [2.75, 3.05) is 62.4 Å². The second-order valence-corrected chi connectivity index (χ2v) is 15.0. The van der Waals surface area contributed by atoms with Gasteiger partial charge < -0.3 is 32.3 Å². The number of nitrogens with one attached hydrogen (secondary N) is 1. The van der Waals surface area contributed by atoms with Crippen LogP contribution in [0.1, 0.15) is 6.42 Å². The molecule has 0 saturated carbocycles. The summed E-state index contributed by atoms with van der Waals surface area (Å²) in [4.78, 5) is 3.22. The molecule has 0 aromatic rings. The van der Waals surface area contributed by atoms with Crippen molar-refractivity contribution >= 4 is 26.9 Å². The second-order valence-electron chi connectivity index (χ2n) is 5.93. The lowest BCUT2D eigenvalue weighted by atomic mass is 10.5. The van der Waals surface area contributed by atoms with Crippen LogP contribution in [0.2, 0.25) is 12.6 Å². The van der Waals surface area contributed by atoms with Gasteiger partial charge in [0.1, 0.15) is 0 Å². The molecule has 0 bridgehead atoms. The Hall–Kier alpha value is -0.0494. The molecule has 0 atom stereocenters. The van der Waals surface area contributed by atoms with Crippen molar-refractivity contribution in [2.24, 2.45) is 0 Å². The summed E-state index contributed by atoms with van der Waals surface area (Å²) in [5, 5.41) is 3.52. The third-order valence-electron chi connectivity index (χ3n) is 4.03. The molecule has 1 N–H and O–H groups in total. The Balaban J connectivity index is 4.46. The molecule has 0 aromatic carbocycles. The van der Waals surface area contributed by atoms with Crippen LogP contribution >= 0.6 is 0 Å². The summed E-state index contributed by atoms with van der Waals surface area (Å²) in [6, 6.07) is 0.988. The van der Waals surface area contributed by atoms with Crippen LogP contribution < -0.4 is 5.32 Å². The van der Waals surface area contributed by atoms with Gasteiger partial charge in [-0.15, -0.1) is 0 Å². The molecule has 0 unspecified atom stereocenters. The minimum Gasteiger partial charge on any atom is -0.398 e. The lowest BCUT2D eigenvalue weighted by molar-refractivity contribution is 0.136. The van der Waals surface area contributed by atoms with E-state index in [2.05, 4.69) is 18.1 Å². The molecule has 0 amide bonds. The molecule has 0 radical (unpaired) electrons. The van der Waals surface area contributed by atoms with E-state index in [9.17, 15) is 0 Å². The third-order valence-corrected chi connectivity index (χ3v) is 12.9. The highest BCUT2D eigenvalue weighted by Gasteiger charge is 2.42. The minimum atomic E-state index is -2.71. The predicted octanol–water partition coefficient (Wildman–Crippen LogP) is 0.278. The van der Waals surface area contributed by atoms with Gasteiger partial charge in [0.25, 0.3) is 0 Å². The van der Waals surface area contributed by atoms with Gasteiger partial charge in [-0.25, -0.2) is 0 Å². The fraction of sp³-hybridized carbons (Fsp3) is 0.857. The summed E-state index contributed by atoms with van der Waals surface area (Å²) in [5.74, 6) is 0. The maximum atomic E-state index is 5.63. The van der Waals surface area contributed by atoms with Crippen LogP contribution in [0.3, 0.4) is 0 Å². The van der Waals surface area contributed by atoms with Gasteiger partial charge in [0.05, 0.1) is 9.52 Å². The molecule has 144 valence electrons. The Bertz CT molecular complexity index is 356. The zero-order valence-electron chi connectivity index (χ0n) is 16.6. The van der Waals surface area contributed by atoms with Gasteiger partial charge in [-0.3, -0.25) is 0 Å². The predicted molar refractivity (Wildman–Crippen MR) is 105 cm³/mol. The molecule has 10 heteroatoms. The van der Waals surface area contributed by atoms with Gasteiger partial charge in [0.15, 0.2) is 0 Å². The lowest BCUT2D eigenvalue weighted by Gasteiger charge is -2.28. The highest BCUT2D eigenvalue weighted by atomic mass is 28.4. The van der Waals surface area contributed by atoms with Crippen LogP contribution in [-0.4, -0.2) is 94.1 Å². The normalized spacial score (nSPS) is 13.9. The SMILES string of the molecule is CO[Si](C)(CCCNC[SiH2]C(=CN(C)C)[Si](OC)(OC)OC)OC. The van der Waals surface area contributed by atoms with Crippen LogP contribution in [0, 0.1) is 0 Å². The molecule has 0 saturated heterocycles. The summed E-state index contributed by atoms with van der Waals surface area (Å²) < 4.78 is 27.9. The zero-order chi connectivity index (χ0) is 18.6. The van der Waals surface area contributed by atoms with E-state index in [-0.39, 0.29) is 0 Å². The van der Waals surface area contributed by atoms with Crippen LogP contribution in [0.25, 0.3) is 0 Å². The van der Waals surface area contributed by atoms with Crippen LogP contribution in [-0.2, 0) is 22.1 Å². The molecule has 7 nitrogen and oxygen atoms in total. The Morgan fingerprint density at radius 2 is 1.54 bits per heavy atom. The molecule has 0 spiro atoms. The average Bonchev–Trinajstić information content (AvgIpc) is 2.58. The molecule has 0 rings (SSSR count). The molecule has 0 heterocycles. The molecule has 0 aliphatic heterocycles. The molecular weight excluding hydrogens is 360 g/mol. The van der Waals surface area contributed by atoms with Gasteiger partial charge in [-0.05, 0) is 42.7 Å². The Morgan fingerprint density at radius 1 is 1.00 bits per heavy atom. The first-order chi connectivity index (χ1) is 11.3. The highest BCUT2D eigenvalue weighted by molar-refractivity contribution is 6.83. The fourth-order valence-corrected chi connectivity index (χ4v) is 9.61. The van der Waals surface area contributed by atoms with Crippen LogP contribution in [0.15, 0.2) is 11.0 Å². The summed E-state index contributed by atoms with van der Waals surface area (Å²) >= 11 is 0. The standard InChI is InChI=1S/C14H36N2O5Si3/c1-16(2)12-14(24(19-5,20-6)21-7)22-13-15-10-9-11-23(8,17-3)18-4/h12,15H,9-11,13,22H2,1-8H3. The Labute approximate surface area is 152 Å². The van der Waals surface area contributed by atoms with Gasteiger partial charge in [0, 0.05) is 49.6 Å². The van der Waals surface area contributed by atoms with Crippen molar-refractivity contribution in [3.63, 3.8) is 0 Å². The highest BCUT2D eigenvalue weighted by Crippen LogP contribution is 2.17. The quantitative estimate of drug-likeness (QED) is 0.334. The van der Waals surface area contributed by atoms with Gasteiger partial charge in [-0.2, -0.15) is 0 Å². The molecule has 0 aliphatic carbocycles. The molecule has 0 aliphatic rings. The summed E-state index contributed by atoms with van der Waals surface area (Å²) in [6.45, 7) is 3.05. The van der Waals surface area contributed by atoms with Gasteiger partial charge >= 0.3 is 17.4 Å². The van der Waals surface area contributed by atoms with Crippen molar-refractivity contribution in [3.8, 4) is 0 Å². The number of hydrogen-bond donors (Lipinski definition) is 1. The van der Waals surface area contributed by atoms with Gasteiger partial charge in [-0.1, -0.05) is 0 Å². The smallest absolute Gasteiger partial charge is 0.398 e. The van der Waals surface area contributed by atoms with Crippen molar-refractivity contribution in [1.82, 2.24) is 10.2 Å². The summed E-state index contributed by atoms with van der Waals surface area (Å²) in [6.07, 6.45) is 4.12. The number of nitrogens with zero attached hydrogens (tertiary/aromatic N) is 1. The van der Waals surface area contributed by atoms with E-state index in [1.807, 2.05) is 19.0 Å². The summed E-state index contributed by atoms with van der Waals surface area (Å²) in [7, 11) is 7.21. The average molecular weight is 397 g/mol. The first kappa shape index (κ1) is 24.0. The zero-order valence-corrected chi connectivity index (χ0v) is 20.0. The first-order valence-electron chi connectivity index (χ1n) is 8.17. The first-order valence-corrected chi connectivity index (χ1v) is 14.1. The largest absolute Gasteiger partial charge is 0.528 e. The van der Waals surface area contributed by atoms with E-state index in [4.69, 9.17) is 22.1 Å². The van der Waals surface area contributed by atoms with E-state index in [0.29, 0.717) is 0 Å². The Kier molecular flexibility index (Phi) is 12.3. The van der Waals surface area contributed by atoms with Crippen molar-refractivity contribution < 1.29 is 22.1 Å². The molecule has 24 heavy (non-hydrogen) atoms. The van der Waals surface area contributed by atoms with Crippen molar-refractivity contribution in [1.29, 1.82) is 0 Å². The minimum absolute atomic E-state index is 0.583. The summed E-state index contributed by atoms with van der Waals surface area (Å²) in [5.41, 5.74) is 0. The maximum absolute atomic E-state index is 5.63. The monoisotopic (exact) mass is 396 g/mol. The van der Waals surface area contributed by atoms with Crippen molar-refractivity contribution in [3.05, 3.63) is 11.0 Å². The third kappa shape index (κ3) is 7.89. The second kappa shape index (κ2) is 12.3. The van der Waals surface area contributed by atoms with E-state index in [1.54, 1.807) is 35.5 Å². The number of rotatable bonds is 14. The molecule has 0 fully saturated rings. The van der Waals surface area contributed by atoms with Crippen LogP contribution in [0.4, 0.5) is 0 Å². The molecule has 0 aromatic heterocycles. The fourth-order valence-electron chi connectivity index (χ4n) is 2.42. The van der Waals surface area contributed by atoms with E-state index < -0.39 is 26.9 Å².